The number of nitrogens with zero attached hydrogens (tertiary/aromatic N) is 3. The Morgan fingerprint density at radius 1 is 1.17 bits per heavy atom. The lowest BCUT2D eigenvalue weighted by molar-refractivity contribution is 0.147. The minimum Gasteiger partial charge on any atom is -0.506 e. The van der Waals surface area contributed by atoms with Gasteiger partial charge in [0.2, 0.25) is 0 Å². The molecule has 0 amide bonds. The molecule has 1 fully saturated rings. The van der Waals surface area contributed by atoms with Crippen molar-refractivity contribution in [1.82, 2.24) is 9.80 Å². The Balaban J connectivity index is 1.81. The van der Waals surface area contributed by atoms with Crippen LogP contribution >= 0.6 is 11.3 Å². The summed E-state index contributed by atoms with van der Waals surface area (Å²) in [6.07, 6.45) is 0. The molecule has 2 aromatic rings. The number of piperazine rings is 1. The second kappa shape index (κ2) is 9.61. The van der Waals surface area contributed by atoms with Crippen LogP contribution in [0.25, 0.3) is 0 Å². The van der Waals surface area contributed by atoms with E-state index in [2.05, 4.69) is 47.3 Å². The number of guanidine groups is 1. The number of phenols is 1. The van der Waals surface area contributed by atoms with Crippen molar-refractivity contribution in [2.45, 2.75) is 32.7 Å². The van der Waals surface area contributed by atoms with E-state index in [1.54, 1.807) is 17.4 Å². The Labute approximate surface area is 177 Å². The second-order valence-corrected chi connectivity index (χ2v) is 9.41. The lowest BCUT2D eigenvalue weighted by Crippen LogP contribution is -2.51. The number of aliphatic hydroxyl groups is 1. The van der Waals surface area contributed by atoms with Crippen LogP contribution < -0.4 is 5.32 Å². The number of hydrogen-bond acceptors (Lipinski definition) is 5. The van der Waals surface area contributed by atoms with Crippen LogP contribution in [0.1, 0.15) is 31.2 Å². The highest BCUT2D eigenvalue weighted by molar-refractivity contribution is 7.09. The summed E-state index contributed by atoms with van der Waals surface area (Å²) in [5.74, 6) is 1.00. The summed E-state index contributed by atoms with van der Waals surface area (Å²) in [5, 5.41) is 25.1. The topological polar surface area (TPSA) is 71.3 Å². The molecule has 0 bridgehead atoms. The van der Waals surface area contributed by atoms with Crippen molar-refractivity contribution >= 4 is 23.0 Å². The lowest BCUT2D eigenvalue weighted by Gasteiger charge is -2.36. The van der Waals surface area contributed by atoms with Gasteiger partial charge in [-0.1, -0.05) is 32.9 Å². The van der Waals surface area contributed by atoms with Crippen LogP contribution in [-0.4, -0.2) is 65.3 Å². The molecule has 3 N–H and O–H groups in total. The number of aliphatic hydroxyl groups excluding tert-OH is 1. The van der Waals surface area contributed by atoms with Gasteiger partial charge < -0.3 is 20.4 Å². The zero-order chi connectivity index (χ0) is 20.9. The number of benzene rings is 1. The Morgan fingerprint density at radius 2 is 1.93 bits per heavy atom. The Bertz CT molecular complexity index is 807. The minimum atomic E-state index is -0.00563. The van der Waals surface area contributed by atoms with Gasteiger partial charge in [-0.2, -0.15) is 0 Å². The molecule has 1 saturated heterocycles. The molecule has 1 aromatic heterocycles. The van der Waals surface area contributed by atoms with Gasteiger partial charge in [-0.05, 0) is 34.6 Å². The molecule has 158 valence electrons. The normalized spacial score (nSPS) is 16.3. The highest BCUT2D eigenvalue weighted by atomic mass is 32.1. The van der Waals surface area contributed by atoms with E-state index >= 15 is 0 Å². The van der Waals surface area contributed by atoms with E-state index in [0.717, 1.165) is 37.7 Å². The van der Waals surface area contributed by atoms with Gasteiger partial charge in [-0.15, -0.1) is 11.3 Å². The molecule has 0 atom stereocenters. The largest absolute Gasteiger partial charge is 0.506 e. The molecule has 2 heterocycles. The summed E-state index contributed by atoms with van der Waals surface area (Å²) in [7, 11) is 0. The minimum absolute atomic E-state index is 0.00563. The van der Waals surface area contributed by atoms with Crippen LogP contribution in [0, 0.1) is 0 Å². The molecular formula is C22H32N4O2S. The van der Waals surface area contributed by atoms with Crippen molar-refractivity contribution in [3.8, 4) is 5.75 Å². The first-order valence-corrected chi connectivity index (χ1v) is 11.0. The van der Waals surface area contributed by atoms with Crippen molar-refractivity contribution in [2.75, 3.05) is 44.6 Å². The Hall–Kier alpha value is -2.09. The number of nitrogens with one attached hydrogen (secondary N) is 1. The average Bonchev–Trinajstić information content (AvgIpc) is 3.20. The van der Waals surface area contributed by atoms with Gasteiger partial charge in [0, 0.05) is 37.6 Å². The molecule has 3 rings (SSSR count). The first-order chi connectivity index (χ1) is 13.9. The summed E-state index contributed by atoms with van der Waals surface area (Å²) in [6.45, 7) is 11.4. The van der Waals surface area contributed by atoms with Crippen molar-refractivity contribution < 1.29 is 10.2 Å². The number of anilines is 1. The number of aromatic hydroxyl groups is 1. The maximum Gasteiger partial charge on any atom is 0.199 e. The van der Waals surface area contributed by atoms with Crippen LogP contribution in [0.4, 0.5) is 5.69 Å². The van der Waals surface area contributed by atoms with E-state index in [1.165, 1.54) is 4.88 Å². The predicted octanol–water partition coefficient (Wildman–Crippen LogP) is 3.33. The van der Waals surface area contributed by atoms with Crippen LogP contribution in [0.2, 0.25) is 0 Å². The molecule has 6 nitrogen and oxygen atoms in total. The second-order valence-electron chi connectivity index (χ2n) is 8.38. The van der Waals surface area contributed by atoms with Crippen molar-refractivity contribution in [3.05, 3.63) is 46.2 Å². The van der Waals surface area contributed by atoms with Gasteiger partial charge in [-0.25, -0.2) is 4.99 Å². The van der Waals surface area contributed by atoms with Crippen LogP contribution in [-0.2, 0) is 12.0 Å². The van der Waals surface area contributed by atoms with Crippen molar-refractivity contribution in [2.24, 2.45) is 4.99 Å². The average molecular weight is 417 g/mol. The first-order valence-electron chi connectivity index (χ1n) is 10.1. The monoisotopic (exact) mass is 416 g/mol. The zero-order valence-corrected chi connectivity index (χ0v) is 18.4. The van der Waals surface area contributed by atoms with E-state index < -0.39 is 0 Å². The summed E-state index contributed by atoms with van der Waals surface area (Å²) in [6, 6.07) is 9.85. The van der Waals surface area contributed by atoms with E-state index in [-0.39, 0.29) is 17.8 Å². The van der Waals surface area contributed by atoms with Gasteiger partial charge in [-0.3, -0.25) is 4.90 Å². The molecule has 0 unspecified atom stereocenters. The van der Waals surface area contributed by atoms with E-state index in [1.807, 2.05) is 18.2 Å². The molecule has 0 radical (unpaired) electrons. The maximum absolute atomic E-state index is 10.4. The van der Waals surface area contributed by atoms with E-state index in [9.17, 15) is 10.2 Å². The summed E-state index contributed by atoms with van der Waals surface area (Å²) >= 11 is 1.70. The Kier molecular flexibility index (Phi) is 7.16. The molecular weight excluding hydrogens is 384 g/mol. The van der Waals surface area contributed by atoms with Gasteiger partial charge in [0.05, 0.1) is 18.8 Å². The quantitative estimate of drug-likeness (QED) is 0.396. The van der Waals surface area contributed by atoms with Gasteiger partial charge >= 0.3 is 0 Å². The van der Waals surface area contributed by atoms with Gasteiger partial charge in [0.1, 0.15) is 5.75 Å². The molecule has 0 aliphatic carbocycles. The molecule has 29 heavy (non-hydrogen) atoms. The maximum atomic E-state index is 10.4. The molecule has 0 saturated carbocycles. The smallest absolute Gasteiger partial charge is 0.199 e. The number of phenolic OH excluding ortho intramolecular Hbond substituents is 1. The van der Waals surface area contributed by atoms with E-state index in [4.69, 9.17) is 4.99 Å². The molecule has 1 aliphatic rings. The third-order valence-electron chi connectivity index (χ3n) is 5.16. The fourth-order valence-corrected chi connectivity index (χ4v) is 3.95. The SMILES string of the molecule is CC(C)(C)c1ccc(O)c(NC(=NCc2cccs2)N2CCN(CCO)CC2)c1. The van der Waals surface area contributed by atoms with Crippen molar-refractivity contribution in [3.63, 3.8) is 0 Å². The Morgan fingerprint density at radius 3 is 2.55 bits per heavy atom. The number of aliphatic imine (C=N–C) groups is 1. The van der Waals surface area contributed by atoms with Crippen LogP contribution in [0.15, 0.2) is 40.7 Å². The van der Waals surface area contributed by atoms with Gasteiger partial charge in [0.25, 0.3) is 0 Å². The standard InChI is InChI=1S/C22H32N4O2S/c1-22(2,3)17-6-7-20(28)19(15-17)24-21(23-16-18-5-4-14-29-18)26-10-8-25(9-11-26)12-13-27/h4-7,14-15,27-28H,8-13,16H2,1-3H3,(H,23,24). The van der Waals surface area contributed by atoms with Gasteiger partial charge in [0.15, 0.2) is 5.96 Å². The number of thiophene rings is 1. The van der Waals surface area contributed by atoms with E-state index in [0.29, 0.717) is 18.8 Å². The number of β-amino-alcohol motifs (C(OH)–C–C–N with tert-alkyl or cyclic N) is 1. The summed E-state index contributed by atoms with van der Waals surface area (Å²) < 4.78 is 0. The van der Waals surface area contributed by atoms with Crippen LogP contribution in [0.3, 0.4) is 0 Å². The fourth-order valence-electron chi connectivity index (χ4n) is 3.32. The molecule has 7 heteroatoms. The number of rotatable bonds is 5. The first kappa shape index (κ1) is 21.6. The third-order valence-corrected chi connectivity index (χ3v) is 6.02. The predicted molar refractivity (Wildman–Crippen MR) is 121 cm³/mol. The van der Waals surface area contributed by atoms with Crippen molar-refractivity contribution in [1.29, 1.82) is 0 Å². The highest BCUT2D eigenvalue weighted by Crippen LogP contribution is 2.31. The van der Waals surface area contributed by atoms with Crippen LogP contribution in [0.5, 0.6) is 5.75 Å². The molecule has 1 aromatic carbocycles. The third kappa shape index (κ3) is 5.95. The lowest BCUT2D eigenvalue weighted by atomic mass is 9.87. The molecule has 0 spiro atoms. The highest BCUT2D eigenvalue weighted by Gasteiger charge is 2.21. The summed E-state index contributed by atoms with van der Waals surface area (Å²) in [4.78, 5) is 10.5. The zero-order valence-electron chi connectivity index (χ0n) is 17.6. The summed E-state index contributed by atoms with van der Waals surface area (Å²) in [5.41, 5.74) is 1.83. The molecule has 1 aliphatic heterocycles. The number of hydrogen-bond donors (Lipinski definition) is 3. The fraction of sp³-hybridized carbons (Fsp3) is 0.500.